The van der Waals surface area contributed by atoms with E-state index in [9.17, 15) is 15.0 Å². The van der Waals surface area contributed by atoms with Crippen molar-refractivity contribution in [2.45, 2.75) is 51.1 Å². The van der Waals surface area contributed by atoms with Gasteiger partial charge in [0.15, 0.2) is 0 Å². The van der Waals surface area contributed by atoms with E-state index in [0.29, 0.717) is 11.9 Å². The van der Waals surface area contributed by atoms with E-state index in [2.05, 4.69) is 0 Å². The number of hydrogen-bond acceptors (Lipinski definition) is 4. The van der Waals surface area contributed by atoms with Gasteiger partial charge in [-0.25, -0.2) is 0 Å². The maximum atomic E-state index is 10.5. The maximum Gasteiger partial charge on any atom is 0.145 e. The molecule has 0 aromatic rings. The summed E-state index contributed by atoms with van der Waals surface area (Å²) in [5.41, 5.74) is -1.83. The molecule has 4 atom stereocenters. The predicted octanol–water partition coefficient (Wildman–Crippen LogP) is 0.421. The Labute approximate surface area is 89.6 Å². The fraction of sp³-hybridized carbons (Fsp3) is 0.727. The quantitative estimate of drug-likeness (QED) is 0.516. The van der Waals surface area contributed by atoms with Gasteiger partial charge in [0.25, 0.3) is 0 Å². The van der Waals surface area contributed by atoms with Gasteiger partial charge in [0.2, 0.25) is 0 Å². The molecule has 0 saturated carbocycles. The van der Waals surface area contributed by atoms with Crippen LogP contribution in [-0.4, -0.2) is 39.9 Å². The number of aldehydes is 1. The second kappa shape index (κ2) is 3.70. The van der Waals surface area contributed by atoms with Gasteiger partial charge in [0.1, 0.15) is 23.6 Å². The van der Waals surface area contributed by atoms with Crippen LogP contribution in [0.25, 0.3) is 0 Å². The Morgan fingerprint density at radius 1 is 1.47 bits per heavy atom. The molecule has 0 bridgehead atoms. The Kier molecular flexibility index (Phi) is 3.05. The zero-order chi connectivity index (χ0) is 11.9. The van der Waals surface area contributed by atoms with E-state index in [4.69, 9.17) is 4.74 Å². The smallest absolute Gasteiger partial charge is 0.145 e. The molecule has 1 saturated heterocycles. The Morgan fingerprint density at radius 2 is 2.00 bits per heavy atom. The van der Waals surface area contributed by atoms with Gasteiger partial charge in [0, 0.05) is 0 Å². The molecule has 1 aliphatic rings. The second-order valence-corrected chi connectivity index (χ2v) is 4.58. The number of ether oxygens (including phenoxy) is 1. The first-order chi connectivity index (χ1) is 6.74. The van der Waals surface area contributed by atoms with E-state index >= 15 is 0 Å². The minimum absolute atomic E-state index is 0.474. The van der Waals surface area contributed by atoms with Gasteiger partial charge in [-0.05, 0) is 39.3 Å². The number of aliphatic hydroxyl groups is 2. The first-order valence-corrected chi connectivity index (χ1v) is 4.97. The summed E-state index contributed by atoms with van der Waals surface area (Å²) in [4.78, 5) is 10.5. The van der Waals surface area contributed by atoms with Crippen LogP contribution >= 0.6 is 0 Å². The van der Waals surface area contributed by atoms with Crippen LogP contribution in [0, 0.1) is 0 Å². The molecule has 0 radical (unpaired) electrons. The molecule has 0 spiro atoms. The van der Waals surface area contributed by atoms with Crippen LogP contribution in [0.3, 0.4) is 0 Å². The van der Waals surface area contributed by atoms with Crippen LogP contribution in [0.2, 0.25) is 0 Å². The van der Waals surface area contributed by atoms with E-state index in [1.54, 1.807) is 26.8 Å². The molecule has 0 amide bonds. The van der Waals surface area contributed by atoms with Crippen molar-refractivity contribution < 1.29 is 19.7 Å². The highest BCUT2D eigenvalue weighted by atomic mass is 16.6. The largest absolute Gasteiger partial charge is 0.387 e. The highest BCUT2D eigenvalue weighted by Crippen LogP contribution is 2.39. The minimum atomic E-state index is -1.30. The summed E-state index contributed by atoms with van der Waals surface area (Å²) in [6.45, 7) is 6.50. The molecule has 1 aliphatic heterocycles. The van der Waals surface area contributed by atoms with Gasteiger partial charge in [-0.3, -0.25) is 4.79 Å². The maximum absolute atomic E-state index is 10.5. The number of allylic oxidation sites excluding steroid dienone is 1. The molecule has 1 fully saturated rings. The first-order valence-electron chi connectivity index (χ1n) is 4.97. The van der Waals surface area contributed by atoms with Crippen LogP contribution in [0.4, 0.5) is 0 Å². The van der Waals surface area contributed by atoms with Crippen molar-refractivity contribution in [3.05, 3.63) is 11.6 Å². The topological polar surface area (TPSA) is 66.8 Å². The molecule has 2 N–H and O–H groups in total. The second-order valence-electron chi connectivity index (χ2n) is 4.58. The van der Waals surface area contributed by atoms with Crippen molar-refractivity contribution in [3.63, 3.8) is 0 Å². The summed E-state index contributed by atoms with van der Waals surface area (Å²) >= 11 is 0. The molecule has 0 aromatic heterocycles. The number of rotatable bonds is 2. The number of carbonyl (C=O) groups is 1. The molecule has 0 aliphatic carbocycles. The van der Waals surface area contributed by atoms with E-state index in [0.717, 1.165) is 0 Å². The first kappa shape index (κ1) is 12.4. The summed E-state index contributed by atoms with van der Waals surface area (Å²) in [6.07, 6.45) is 0.713. The lowest BCUT2D eigenvalue weighted by molar-refractivity contribution is -0.105. The van der Waals surface area contributed by atoms with Crippen LogP contribution in [0.15, 0.2) is 11.6 Å². The van der Waals surface area contributed by atoms with Gasteiger partial charge in [0.05, 0.1) is 6.10 Å². The summed E-state index contributed by atoms with van der Waals surface area (Å²) in [7, 11) is 0. The van der Waals surface area contributed by atoms with Crippen molar-refractivity contribution in [2.24, 2.45) is 0 Å². The number of hydrogen-bond donors (Lipinski definition) is 2. The average Bonchev–Trinajstić information content (AvgIpc) is 2.28. The lowest BCUT2D eigenvalue weighted by Gasteiger charge is -2.28. The Morgan fingerprint density at radius 3 is 2.33 bits per heavy atom. The third-order valence-corrected chi connectivity index (χ3v) is 3.05. The molecule has 86 valence electrons. The van der Waals surface area contributed by atoms with Gasteiger partial charge >= 0.3 is 0 Å². The summed E-state index contributed by atoms with van der Waals surface area (Å²) < 4.78 is 5.51. The summed E-state index contributed by atoms with van der Waals surface area (Å²) in [5.74, 6) is 0. The van der Waals surface area contributed by atoms with Crippen molar-refractivity contribution in [1.29, 1.82) is 0 Å². The van der Waals surface area contributed by atoms with E-state index in [1.165, 1.54) is 6.92 Å². The van der Waals surface area contributed by atoms with Gasteiger partial charge in [-0.15, -0.1) is 0 Å². The Hall–Kier alpha value is -0.710. The fourth-order valence-electron chi connectivity index (χ4n) is 1.97. The lowest BCUT2D eigenvalue weighted by Crippen LogP contribution is -2.47. The molecule has 0 aromatic carbocycles. The van der Waals surface area contributed by atoms with Gasteiger partial charge in [-0.1, -0.05) is 0 Å². The summed E-state index contributed by atoms with van der Waals surface area (Å²) in [6, 6.07) is 0. The highest BCUT2D eigenvalue weighted by molar-refractivity contribution is 5.72. The molecule has 1 heterocycles. The number of aliphatic hydroxyl groups excluding tert-OH is 1. The fourth-order valence-corrected chi connectivity index (χ4v) is 1.97. The molecule has 4 nitrogen and oxygen atoms in total. The zero-order valence-electron chi connectivity index (χ0n) is 9.52. The van der Waals surface area contributed by atoms with Crippen LogP contribution in [0.1, 0.15) is 27.7 Å². The van der Waals surface area contributed by atoms with Gasteiger partial charge in [-0.2, -0.15) is 0 Å². The van der Waals surface area contributed by atoms with Crippen LogP contribution < -0.4 is 0 Å². The number of carbonyl (C=O) groups excluding carboxylic acids is 1. The SMILES string of the molecule is C/C(C=O)=C\[C@]1(C)O[C@H](C)[C@](C)(O)C1O. The van der Waals surface area contributed by atoms with Gasteiger partial charge < -0.3 is 14.9 Å². The van der Waals surface area contributed by atoms with Crippen molar-refractivity contribution in [3.8, 4) is 0 Å². The van der Waals surface area contributed by atoms with E-state index in [1.807, 2.05) is 0 Å². The van der Waals surface area contributed by atoms with Crippen LogP contribution in [0.5, 0.6) is 0 Å². The normalized spacial score (nSPS) is 46.9. The van der Waals surface area contributed by atoms with Crippen molar-refractivity contribution in [1.82, 2.24) is 0 Å². The van der Waals surface area contributed by atoms with Crippen molar-refractivity contribution in [2.75, 3.05) is 0 Å². The predicted molar refractivity (Wildman–Crippen MR) is 55.4 cm³/mol. The molecular weight excluding hydrogens is 196 g/mol. The monoisotopic (exact) mass is 214 g/mol. The Bertz CT molecular complexity index is 295. The third kappa shape index (κ3) is 1.97. The Balaban J connectivity index is 3.03. The molecule has 4 heteroatoms. The molecule has 1 rings (SSSR count). The zero-order valence-corrected chi connectivity index (χ0v) is 9.52. The molecule has 1 unspecified atom stereocenters. The van der Waals surface area contributed by atoms with Crippen molar-refractivity contribution >= 4 is 6.29 Å². The minimum Gasteiger partial charge on any atom is -0.387 e. The van der Waals surface area contributed by atoms with E-state index in [-0.39, 0.29) is 0 Å². The van der Waals surface area contributed by atoms with Crippen LogP contribution in [-0.2, 0) is 9.53 Å². The average molecular weight is 214 g/mol. The van der Waals surface area contributed by atoms with E-state index < -0.39 is 23.4 Å². The molecule has 15 heavy (non-hydrogen) atoms. The third-order valence-electron chi connectivity index (χ3n) is 3.05. The summed E-state index contributed by atoms with van der Waals surface area (Å²) in [5, 5.41) is 19.9. The highest BCUT2D eigenvalue weighted by Gasteiger charge is 2.55. The lowest BCUT2D eigenvalue weighted by atomic mass is 9.86. The standard InChI is InChI=1S/C11H18O4/c1-7(6-12)5-10(3)9(13)11(4,14)8(2)15-10/h5-6,8-9,13-14H,1-4H3/b7-5+/t8-,9?,10+,11+/m1/s1. The molecular formula is C11H18O4.